The highest BCUT2D eigenvalue weighted by Crippen LogP contribution is 2.19. The smallest absolute Gasteiger partial charge is 0.239 e. The zero-order valence-corrected chi connectivity index (χ0v) is 12.1. The van der Waals surface area contributed by atoms with E-state index in [2.05, 4.69) is 39.0 Å². The van der Waals surface area contributed by atoms with Crippen LogP contribution in [0.2, 0.25) is 0 Å². The van der Waals surface area contributed by atoms with Gasteiger partial charge in [0.05, 0.1) is 0 Å². The monoisotopic (exact) mass is 264 g/mol. The Kier molecular flexibility index (Phi) is 4.55. The van der Waals surface area contributed by atoms with Crippen molar-refractivity contribution >= 4 is 11.8 Å². The van der Waals surface area contributed by atoms with Crippen LogP contribution in [0.25, 0.3) is 0 Å². The molecule has 0 atom stereocenters. The van der Waals surface area contributed by atoms with Gasteiger partial charge in [0, 0.05) is 44.5 Å². The molecule has 0 spiro atoms. The largest absolute Gasteiger partial charge is 0.354 e. The molecule has 0 aromatic carbocycles. The van der Waals surface area contributed by atoms with Gasteiger partial charge in [-0.2, -0.15) is 4.98 Å². The van der Waals surface area contributed by atoms with E-state index in [0.717, 1.165) is 43.5 Å². The Labute approximate surface area is 115 Å². The van der Waals surface area contributed by atoms with E-state index in [1.165, 1.54) is 6.54 Å². The lowest BCUT2D eigenvalue weighted by Crippen LogP contribution is -2.48. The van der Waals surface area contributed by atoms with Crippen molar-refractivity contribution in [3.05, 3.63) is 11.8 Å². The third-order valence-electron chi connectivity index (χ3n) is 3.37. The third-order valence-corrected chi connectivity index (χ3v) is 3.37. The van der Waals surface area contributed by atoms with E-state index in [1.807, 2.05) is 13.1 Å². The van der Waals surface area contributed by atoms with Crippen molar-refractivity contribution < 1.29 is 0 Å². The van der Waals surface area contributed by atoms with Gasteiger partial charge in [-0.3, -0.25) is 10.3 Å². The maximum absolute atomic E-state index is 5.37. The number of piperazine rings is 1. The summed E-state index contributed by atoms with van der Waals surface area (Å²) in [5.41, 5.74) is 3.60. The first-order valence-corrected chi connectivity index (χ1v) is 6.87. The van der Waals surface area contributed by atoms with Crippen LogP contribution >= 0.6 is 0 Å². The fraction of sp³-hybridized carbons (Fsp3) is 0.692. The lowest BCUT2D eigenvalue weighted by Gasteiger charge is -2.36. The molecule has 1 saturated heterocycles. The van der Waals surface area contributed by atoms with E-state index < -0.39 is 0 Å². The van der Waals surface area contributed by atoms with Gasteiger partial charge in [-0.05, 0) is 12.8 Å². The molecule has 2 heterocycles. The second-order valence-electron chi connectivity index (χ2n) is 5.53. The molecule has 3 N–H and O–H groups in total. The molecule has 1 aromatic rings. The summed E-state index contributed by atoms with van der Waals surface area (Å²) >= 11 is 0. The van der Waals surface area contributed by atoms with Crippen LogP contribution in [-0.4, -0.2) is 47.6 Å². The Morgan fingerprint density at radius 3 is 2.58 bits per heavy atom. The maximum atomic E-state index is 5.37. The zero-order chi connectivity index (χ0) is 13.8. The van der Waals surface area contributed by atoms with Crippen LogP contribution in [-0.2, 0) is 0 Å². The van der Waals surface area contributed by atoms with Crippen LogP contribution in [0.1, 0.15) is 19.4 Å². The second-order valence-corrected chi connectivity index (χ2v) is 5.53. The molecule has 0 saturated carbocycles. The number of nitrogens with zero attached hydrogens (tertiary/aromatic N) is 4. The lowest BCUT2D eigenvalue weighted by molar-refractivity contribution is 0.231. The number of rotatable bonds is 4. The van der Waals surface area contributed by atoms with E-state index in [9.17, 15) is 0 Å². The van der Waals surface area contributed by atoms with E-state index >= 15 is 0 Å². The van der Waals surface area contributed by atoms with Gasteiger partial charge in [0.2, 0.25) is 5.95 Å². The van der Waals surface area contributed by atoms with Crippen LogP contribution in [0.15, 0.2) is 6.20 Å². The second kappa shape index (κ2) is 6.16. The average Bonchev–Trinajstić information content (AvgIpc) is 2.40. The molecule has 0 amide bonds. The number of nitrogens with one attached hydrogen (secondary N) is 1. The molecule has 6 heteroatoms. The molecule has 0 unspecified atom stereocenters. The lowest BCUT2D eigenvalue weighted by atomic mass is 10.2. The van der Waals surface area contributed by atoms with E-state index in [1.54, 1.807) is 0 Å². The minimum Gasteiger partial charge on any atom is -0.354 e. The van der Waals surface area contributed by atoms with Crippen LogP contribution in [0.3, 0.4) is 0 Å². The van der Waals surface area contributed by atoms with E-state index in [-0.39, 0.29) is 0 Å². The highest BCUT2D eigenvalue weighted by molar-refractivity contribution is 5.49. The fourth-order valence-electron chi connectivity index (χ4n) is 2.48. The summed E-state index contributed by atoms with van der Waals surface area (Å²) < 4.78 is 0. The van der Waals surface area contributed by atoms with Crippen molar-refractivity contribution in [2.24, 2.45) is 11.8 Å². The van der Waals surface area contributed by atoms with Crippen LogP contribution in [0.4, 0.5) is 11.8 Å². The third kappa shape index (κ3) is 3.54. The molecule has 6 nitrogen and oxygen atoms in total. The molecule has 1 aromatic heterocycles. The Hall–Kier alpha value is -1.40. The molecule has 19 heavy (non-hydrogen) atoms. The standard InChI is InChI=1S/C13H24N6/c1-10(2)9-18-4-6-19(7-5-18)12-11(3)8-15-13(16-12)17-14/h8,10H,4-7,9,14H2,1-3H3,(H,15,16,17). The van der Waals surface area contributed by atoms with E-state index in [0.29, 0.717) is 5.95 Å². The first kappa shape index (κ1) is 14.0. The first-order chi connectivity index (χ1) is 9.10. The summed E-state index contributed by atoms with van der Waals surface area (Å²) in [5.74, 6) is 7.57. The Morgan fingerprint density at radius 2 is 2.00 bits per heavy atom. The minimum absolute atomic E-state index is 0.477. The average molecular weight is 264 g/mol. The number of aryl methyl sites for hydroxylation is 1. The molecule has 1 fully saturated rings. The van der Waals surface area contributed by atoms with E-state index in [4.69, 9.17) is 5.84 Å². The normalized spacial score (nSPS) is 17.0. The number of hydrogen-bond donors (Lipinski definition) is 2. The molecule has 1 aliphatic rings. The zero-order valence-electron chi connectivity index (χ0n) is 12.1. The quantitative estimate of drug-likeness (QED) is 0.620. The number of aromatic nitrogens is 2. The first-order valence-electron chi connectivity index (χ1n) is 6.87. The molecule has 0 bridgehead atoms. The molecular weight excluding hydrogens is 240 g/mol. The van der Waals surface area contributed by atoms with Gasteiger partial charge in [0.1, 0.15) is 5.82 Å². The summed E-state index contributed by atoms with van der Waals surface area (Å²) in [7, 11) is 0. The highest BCUT2D eigenvalue weighted by Gasteiger charge is 2.20. The SMILES string of the molecule is Cc1cnc(NN)nc1N1CCN(CC(C)C)CC1. The Bertz CT molecular complexity index is 412. The topological polar surface area (TPSA) is 70.3 Å². The molecular formula is C13H24N6. The Morgan fingerprint density at radius 1 is 1.32 bits per heavy atom. The number of hydrazine groups is 1. The van der Waals surface area contributed by atoms with Gasteiger partial charge in [0.15, 0.2) is 0 Å². The number of nitrogen functional groups attached to an aromatic ring is 1. The van der Waals surface area contributed by atoms with Crippen LogP contribution < -0.4 is 16.2 Å². The van der Waals surface area contributed by atoms with Crippen molar-refractivity contribution in [2.75, 3.05) is 43.0 Å². The summed E-state index contributed by atoms with van der Waals surface area (Å²) in [5, 5.41) is 0. The van der Waals surface area contributed by atoms with Crippen LogP contribution in [0.5, 0.6) is 0 Å². The van der Waals surface area contributed by atoms with Crippen molar-refractivity contribution in [2.45, 2.75) is 20.8 Å². The molecule has 0 aliphatic carbocycles. The van der Waals surface area contributed by atoms with Crippen molar-refractivity contribution in [1.29, 1.82) is 0 Å². The summed E-state index contributed by atoms with van der Waals surface area (Å²) in [4.78, 5) is 13.4. The van der Waals surface area contributed by atoms with Gasteiger partial charge in [-0.25, -0.2) is 10.8 Å². The number of nitrogens with two attached hydrogens (primary N) is 1. The van der Waals surface area contributed by atoms with Gasteiger partial charge in [0.25, 0.3) is 0 Å². The summed E-state index contributed by atoms with van der Waals surface area (Å²) in [6.07, 6.45) is 1.82. The summed E-state index contributed by atoms with van der Waals surface area (Å²) in [6.45, 7) is 11.9. The molecule has 0 radical (unpaired) electrons. The molecule has 2 rings (SSSR count). The predicted octanol–water partition coefficient (Wildman–Crippen LogP) is 0.849. The number of anilines is 2. The number of hydrogen-bond acceptors (Lipinski definition) is 6. The summed E-state index contributed by atoms with van der Waals surface area (Å²) in [6, 6.07) is 0. The van der Waals surface area contributed by atoms with Crippen molar-refractivity contribution in [3.63, 3.8) is 0 Å². The van der Waals surface area contributed by atoms with Crippen molar-refractivity contribution in [1.82, 2.24) is 14.9 Å². The molecule has 1 aliphatic heterocycles. The van der Waals surface area contributed by atoms with Gasteiger partial charge in [-0.1, -0.05) is 13.8 Å². The predicted molar refractivity (Wildman–Crippen MR) is 78.1 cm³/mol. The van der Waals surface area contributed by atoms with Crippen LogP contribution in [0, 0.1) is 12.8 Å². The molecule has 106 valence electrons. The van der Waals surface area contributed by atoms with Gasteiger partial charge in [-0.15, -0.1) is 0 Å². The fourth-order valence-corrected chi connectivity index (χ4v) is 2.48. The minimum atomic E-state index is 0.477. The Balaban J connectivity index is 2.01. The van der Waals surface area contributed by atoms with Crippen molar-refractivity contribution in [3.8, 4) is 0 Å². The van der Waals surface area contributed by atoms with Gasteiger partial charge < -0.3 is 4.90 Å². The maximum Gasteiger partial charge on any atom is 0.239 e. The highest BCUT2D eigenvalue weighted by atomic mass is 15.3. The van der Waals surface area contributed by atoms with Gasteiger partial charge >= 0.3 is 0 Å².